The summed E-state index contributed by atoms with van der Waals surface area (Å²) in [6.45, 7) is 1.70. The quantitative estimate of drug-likeness (QED) is 0.538. The summed E-state index contributed by atoms with van der Waals surface area (Å²) in [7, 11) is 0. The first-order chi connectivity index (χ1) is 4.88. The number of allylic oxidation sites excluding steroid dienone is 2. The van der Waals surface area contributed by atoms with Crippen LogP contribution in [0.4, 0.5) is 0 Å². The van der Waals surface area contributed by atoms with Crippen LogP contribution in [0, 0.1) is 6.54 Å². The highest BCUT2D eigenvalue weighted by molar-refractivity contribution is 5.19. The van der Waals surface area contributed by atoms with Gasteiger partial charge in [0.05, 0.1) is 0 Å². The van der Waals surface area contributed by atoms with Crippen LogP contribution in [0.25, 0.3) is 0 Å². The Morgan fingerprint density at radius 3 is 3.00 bits per heavy atom. The zero-order chi connectivity index (χ0) is 6.97. The van der Waals surface area contributed by atoms with E-state index in [0.29, 0.717) is 5.82 Å². The van der Waals surface area contributed by atoms with Crippen molar-refractivity contribution in [3.63, 3.8) is 0 Å². The molecule has 2 aliphatic heterocycles. The van der Waals surface area contributed by atoms with Crippen LogP contribution in [0.2, 0.25) is 0 Å². The zero-order valence-electron chi connectivity index (χ0n) is 5.05. The summed E-state index contributed by atoms with van der Waals surface area (Å²) in [5.74, 6) is 0.544. The molecule has 0 unspecified atom stereocenters. The topological polar surface area (TPSA) is 51.4 Å². The Morgan fingerprint density at radius 2 is 2.20 bits per heavy atom. The molecule has 0 bridgehead atoms. The van der Waals surface area contributed by atoms with Gasteiger partial charge in [0, 0.05) is 0 Å². The first-order valence-electron chi connectivity index (χ1n) is 2.79. The van der Waals surface area contributed by atoms with Crippen LogP contribution in [-0.2, 0) is 0 Å². The van der Waals surface area contributed by atoms with Crippen LogP contribution in [0.5, 0.6) is 0 Å². The average Bonchev–Trinajstić information content (AvgIpc) is 2.34. The maximum atomic E-state index is 8.93. The third-order valence-corrected chi connectivity index (χ3v) is 1.24. The Bertz CT molecular complexity index is 232. The van der Waals surface area contributed by atoms with Gasteiger partial charge >= 0.3 is 0 Å². The molecule has 2 heterocycles. The fourth-order valence-electron chi connectivity index (χ4n) is 0.786. The Balaban J connectivity index is 2.32. The van der Waals surface area contributed by atoms with Gasteiger partial charge in [0.1, 0.15) is 6.54 Å². The molecule has 5 heteroatoms. The van der Waals surface area contributed by atoms with Gasteiger partial charge in [-0.1, -0.05) is 12.2 Å². The molecule has 0 aliphatic carbocycles. The molecule has 0 aromatic carbocycles. The summed E-state index contributed by atoms with van der Waals surface area (Å²) in [5.41, 5.74) is 0. The minimum atomic E-state index is 0.544. The fraction of sp³-hybridized carbons (Fsp3) is 0. The number of nitrogens with zero attached hydrogens (tertiary/aromatic N) is 4. The molecule has 0 aromatic rings. The molecule has 0 saturated heterocycles. The van der Waals surface area contributed by atoms with E-state index in [1.54, 1.807) is 18.7 Å². The lowest BCUT2D eigenvalue weighted by atomic mass is 10.3. The van der Waals surface area contributed by atoms with Crippen molar-refractivity contribution in [1.29, 1.82) is 0 Å². The molecular weight excluding hydrogens is 132 g/mol. The van der Waals surface area contributed by atoms with Gasteiger partial charge in [0.15, 0.2) is 5.82 Å². The Hall–Kier alpha value is -1.36. The summed E-state index contributed by atoms with van der Waals surface area (Å²) < 4.78 is 0. The zero-order valence-corrected chi connectivity index (χ0v) is 5.05. The highest BCUT2D eigenvalue weighted by Crippen LogP contribution is 2.22. The number of hydrogen-bond acceptors (Lipinski definition) is 5. The molecule has 0 aromatic heterocycles. The fourth-order valence-corrected chi connectivity index (χ4v) is 0.786. The number of rotatable bonds is 0. The van der Waals surface area contributed by atoms with Crippen LogP contribution in [-0.4, -0.2) is 15.4 Å². The molecule has 0 saturated carbocycles. The van der Waals surface area contributed by atoms with Crippen LogP contribution in [0.15, 0.2) is 34.5 Å². The number of fused-ring (bicyclic) bond motifs is 1. The summed E-state index contributed by atoms with van der Waals surface area (Å²) in [6, 6.07) is 0. The summed E-state index contributed by atoms with van der Waals surface area (Å²) in [6.07, 6.45) is 5.31. The average molecular weight is 137 g/mol. The summed E-state index contributed by atoms with van der Waals surface area (Å²) >= 11 is 0. The van der Waals surface area contributed by atoms with Crippen LogP contribution in [0.1, 0.15) is 0 Å². The van der Waals surface area contributed by atoms with Gasteiger partial charge < -0.3 is 0 Å². The van der Waals surface area contributed by atoms with Gasteiger partial charge in [-0.05, 0) is 16.5 Å². The normalized spacial score (nSPS) is 21.5. The van der Waals surface area contributed by atoms with Crippen molar-refractivity contribution in [2.45, 2.75) is 0 Å². The van der Waals surface area contributed by atoms with Gasteiger partial charge in [-0.15, -0.1) is 5.17 Å². The summed E-state index contributed by atoms with van der Waals surface area (Å²) in [5, 5.41) is 18.1. The van der Waals surface area contributed by atoms with E-state index in [1.807, 2.05) is 6.08 Å². The van der Waals surface area contributed by atoms with Crippen molar-refractivity contribution in [3.8, 4) is 0 Å². The van der Waals surface area contributed by atoms with Crippen molar-refractivity contribution >= 4 is 0 Å². The standard InChI is InChI=1S/C5H5N4O/c10-9-5-3-1-2-4-8(5)6-7-9/h1-4,10H. The molecule has 1 N–H and O–H groups in total. The Labute approximate surface area is 57.5 Å². The molecule has 10 heavy (non-hydrogen) atoms. The predicted molar refractivity (Wildman–Crippen MR) is 31.8 cm³/mol. The second-order valence-electron chi connectivity index (χ2n) is 1.87. The van der Waals surface area contributed by atoms with Crippen molar-refractivity contribution in [1.82, 2.24) is 10.2 Å². The molecule has 2 aliphatic rings. The lowest BCUT2D eigenvalue weighted by Crippen LogP contribution is -2.18. The van der Waals surface area contributed by atoms with E-state index in [-0.39, 0.29) is 0 Å². The van der Waals surface area contributed by atoms with E-state index >= 15 is 0 Å². The largest absolute Gasteiger partial charge is 0.264 e. The SMILES string of the molecule is ON1N=NN2[CH]C=CC=C12. The molecule has 0 spiro atoms. The minimum Gasteiger partial charge on any atom is -0.264 e. The molecule has 5 nitrogen and oxygen atoms in total. The molecule has 0 amide bonds. The van der Waals surface area contributed by atoms with E-state index in [0.717, 1.165) is 5.17 Å². The van der Waals surface area contributed by atoms with Crippen molar-refractivity contribution < 1.29 is 5.21 Å². The second-order valence-corrected chi connectivity index (χ2v) is 1.87. The minimum absolute atomic E-state index is 0.544. The van der Waals surface area contributed by atoms with Crippen LogP contribution >= 0.6 is 0 Å². The Morgan fingerprint density at radius 1 is 1.30 bits per heavy atom. The van der Waals surface area contributed by atoms with Crippen LogP contribution < -0.4 is 0 Å². The molecule has 51 valence electrons. The van der Waals surface area contributed by atoms with Crippen molar-refractivity contribution in [2.24, 2.45) is 10.4 Å². The van der Waals surface area contributed by atoms with E-state index in [4.69, 9.17) is 5.21 Å². The predicted octanol–water partition coefficient (Wildman–Crippen LogP) is 0.848. The first-order valence-corrected chi connectivity index (χ1v) is 2.79. The van der Waals surface area contributed by atoms with Gasteiger partial charge in [-0.2, -0.15) is 0 Å². The third kappa shape index (κ3) is 0.608. The highest BCUT2D eigenvalue weighted by Gasteiger charge is 2.21. The first kappa shape index (κ1) is 5.43. The van der Waals surface area contributed by atoms with Crippen molar-refractivity contribution in [3.05, 3.63) is 30.6 Å². The van der Waals surface area contributed by atoms with Gasteiger partial charge in [0.2, 0.25) is 0 Å². The van der Waals surface area contributed by atoms with Crippen molar-refractivity contribution in [2.75, 3.05) is 0 Å². The van der Waals surface area contributed by atoms with E-state index in [9.17, 15) is 0 Å². The van der Waals surface area contributed by atoms with Gasteiger partial charge in [-0.3, -0.25) is 5.21 Å². The molecule has 2 rings (SSSR count). The lowest BCUT2D eigenvalue weighted by Gasteiger charge is -2.14. The monoisotopic (exact) mass is 137 g/mol. The molecular formula is C5H5N4O. The third-order valence-electron chi connectivity index (χ3n) is 1.24. The van der Waals surface area contributed by atoms with E-state index in [1.165, 1.54) is 5.01 Å². The lowest BCUT2D eigenvalue weighted by molar-refractivity contribution is -0.0579. The van der Waals surface area contributed by atoms with E-state index < -0.39 is 0 Å². The highest BCUT2D eigenvalue weighted by atomic mass is 16.6. The molecule has 0 atom stereocenters. The maximum Gasteiger partial charge on any atom is 0.179 e. The molecule has 0 fully saturated rings. The van der Waals surface area contributed by atoms with Crippen LogP contribution in [0.3, 0.4) is 0 Å². The maximum absolute atomic E-state index is 8.93. The summed E-state index contributed by atoms with van der Waals surface area (Å²) in [4.78, 5) is 0. The second kappa shape index (κ2) is 1.81. The number of hydroxylamine groups is 1. The van der Waals surface area contributed by atoms with E-state index in [2.05, 4.69) is 10.4 Å². The molecule has 1 radical (unpaired) electrons. The smallest absolute Gasteiger partial charge is 0.179 e. The van der Waals surface area contributed by atoms with Gasteiger partial charge in [-0.25, -0.2) is 5.01 Å². The number of hydrogen-bond donors (Lipinski definition) is 1. The van der Waals surface area contributed by atoms with Gasteiger partial charge in [0.25, 0.3) is 0 Å². The Kier molecular flexibility index (Phi) is 0.983.